The van der Waals surface area contributed by atoms with E-state index < -0.39 is 11.2 Å². The molecule has 0 spiro atoms. The lowest BCUT2D eigenvalue weighted by Crippen LogP contribution is -2.49. The lowest BCUT2D eigenvalue weighted by atomic mass is 9.78. The van der Waals surface area contributed by atoms with Gasteiger partial charge in [-0.2, -0.15) is 0 Å². The summed E-state index contributed by atoms with van der Waals surface area (Å²) >= 11 is 0. The van der Waals surface area contributed by atoms with E-state index in [-0.39, 0.29) is 0 Å². The Morgan fingerprint density at radius 2 is 1.59 bits per heavy atom. The molecule has 0 amide bonds. The standard InChI is InChI=1S/C28H25BO3/c1-27(2,30)28(3,4)32-29-21-15-12-16-8-7-10-19-23(16)25(21)20-14-13-18-17-9-5-6-11-22(17)31-26(18)24(19)20/h5-15,29-30H,1-4H3. The Kier molecular flexibility index (Phi) is 3.96. The van der Waals surface area contributed by atoms with Gasteiger partial charge in [0.1, 0.15) is 11.2 Å². The Labute approximate surface area is 187 Å². The summed E-state index contributed by atoms with van der Waals surface area (Å²) in [4.78, 5) is 0. The predicted octanol–water partition coefficient (Wildman–Crippen LogP) is 5.93. The molecule has 1 aliphatic rings. The van der Waals surface area contributed by atoms with Gasteiger partial charge in [-0.1, -0.05) is 54.6 Å². The van der Waals surface area contributed by atoms with Gasteiger partial charge in [0.15, 0.2) is 0 Å². The highest BCUT2D eigenvalue weighted by Crippen LogP contribution is 2.50. The summed E-state index contributed by atoms with van der Waals surface area (Å²) in [7, 11) is 0.425. The largest absolute Gasteiger partial charge is 0.455 e. The van der Waals surface area contributed by atoms with Gasteiger partial charge < -0.3 is 14.2 Å². The van der Waals surface area contributed by atoms with E-state index in [4.69, 9.17) is 9.07 Å². The van der Waals surface area contributed by atoms with Crippen molar-refractivity contribution in [2.24, 2.45) is 0 Å². The smallest absolute Gasteiger partial charge is 0.310 e. The summed E-state index contributed by atoms with van der Waals surface area (Å²) in [5.41, 5.74) is 6.10. The first kappa shape index (κ1) is 19.6. The van der Waals surface area contributed by atoms with Crippen LogP contribution in [-0.4, -0.2) is 23.8 Å². The number of furan rings is 1. The van der Waals surface area contributed by atoms with Crippen LogP contribution < -0.4 is 5.46 Å². The van der Waals surface area contributed by atoms with Crippen molar-refractivity contribution in [3.05, 3.63) is 66.7 Å². The molecule has 0 fully saturated rings. The van der Waals surface area contributed by atoms with Crippen LogP contribution in [0.5, 0.6) is 0 Å². The molecule has 0 aliphatic heterocycles. The van der Waals surface area contributed by atoms with Crippen molar-refractivity contribution in [1.82, 2.24) is 0 Å². The average Bonchev–Trinajstić information content (AvgIpc) is 3.30. The van der Waals surface area contributed by atoms with Crippen LogP contribution in [0.4, 0.5) is 0 Å². The first-order valence-corrected chi connectivity index (χ1v) is 11.1. The van der Waals surface area contributed by atoms with Crippen LogP contribution in [0.15, 0.2) is 71.1 Å². The number of aliphatic hydroxyl groups is 1. The maximum absolute atomic E-state index is 10.5. The monoisotopic (exact) mass is 420 g/mol. The first-order valence-electron chi connectivity index (χ1n) is 11.1. The third-order valence-corrected chi connectivity index (χ3v) is 7.28. The molecule has 1 aromatic heterocycles. The van der Waals surface area contributed by atoms with Crippen LogP contribution in [0.3, 0.4) is 0 Å². The van der Waals surface area contributed by atoms with E-state index in [2.05, 4.69) is 54.6 Å². The highest BCUT2D eigenvalue weighted by atomic mass is 16.5. The van der Waals surface area contributed by atoms with E-state index in [9.17, 15) is 5.11 Å². The highest BCUT2D eigenvalue weighted by molar-refractivity contribution is 6.52. The summed E-state index contributed by atoms with van der Waals surface area (Å²) in [6, 6.07) is 23.4. The molecule has 1 heterocycles. The quantitative estimate of drug-likeness (QED) is 0.360. The fourth-order valence-electron chi connectivity index (χ4n) is 4.76. The molecule has 0 unspecified atom stereocenters. The SMILES string of the molecule is CC(C)(O)C(C)(C)OBc1ccc2cccc3c2c1-c1ccc2c(oc4ccccc42)c1-3. The topological polar surface area (TPSA) is 42.6 Å². The van der Waals surface area contributed by atoms with E-state index in [1.54, 1.807) is 13.8 Å². The maximum atomic E-state index is 10.5. The zero-order chi connectivity index (χ0) is 22.3. The number of fused-ring (bicyclic) bond motifs is 7. The van der Waals surface area contributed by atoms with E-state index in [1.807, 2.05) is 26.0 Å². The van der Waals surface area contributed by atoms with Crippen LogP contribution in [0.2, 0.25) is 0 Å². The van der Waals surface area contributed by atoms with Crippen LogP contribution in [-0.2, 0) is 4.65 Å². The van der Waals surface area contributed by atoms with Gasteiger partial charge in [-0.25, -0.2) is 0 Å². The number of rotatable bonds is 4. The van der Waals surface area contributed by atoms with Gasteiger partial charge in [0, 0.05) is 16.3 Å². The number of hydrogen-bond acceptors (Lipinski definition) is 3. The fraction of sp³-hybridized carbons (Fsp3) is 0.214. The Balaban J connectivity index is 1.59. The second-order valence-corrected chi connectivity index (χ2v) is 9.82. The minimum absolute atomic E-state index is 0.425. The van der Waals surface area contributed by atoms with E-state index >= 15 is 0 Å². The lowest BCUT2D eigenvalue weighted by Gasteiger charge is -2.37. The van der Waals surface area contributed by atoms with Crippen LogP contribution in [0, 0.1) is 0 Å². The minimum atomic E-state index is -0.951. The summed E-state index contributed by atoms with van der Waals surface area (Å²) in [5.74, 6) is 0. The van der Waals surface area contributed by atoms with Crippen molar-refractivity contribution < 1.29 is 14.2 Å². The molecule has 0 saturated carbocycles. The summed E-state index contributed by atoms with van der Waals surface area (Å²) in [6.07, 6.45) is 0. The van der Waals surface area contributed by atoms with Gasteiger partial charge in [-0.05, 0) is 72.8 Å². The van der Waals surface area contributed by atoms with Crippen LogP contribution in [0.1, 0.15) is 27.7 Å². The maximum Gasteiger partial charge on any atom is 0.310 e. The Hall–Kier alpha value is -3.08. The predicted molar refractivity (Wildman–Crippen MR) is 134 cm³/mol. The molecule has 3 nitrogen and oxygen atoms in total. The second kappa shape index (κ2) is 6.47. The molecule has 5 aromatic rings. The zero-order valence-electron chi connectivity index (χ0n) is 18.8. The summed E-state index contributed by atoms with van der Waals surface area (Å²) < 4.78 is 12.7. The van der Waals surface area contributed by atoms with E-state index in [1.165, 1.54) is 27.5 Å². The molecule has 0 radical (unpaired) electrons. The molecule has 4 aromatic carbocycles. The Morgan fingerprint density at radius 1 is 0.781 bits per heavy atom. The minimum Gasteiger partial charge on any atom is -0.455 e. The fourth-order valence-corrected chi connectivity index (χ4v) is 4.76. The van der Waals surface area contributed by atoms with E-state index in [0.717, 1.165) is 33.0 Å². The second-order valence-electron chi connectivity index (χ2n) is 9.82. The van der Waals surface area contributed by atoms with Gasteiger partial charge in [-0.3, -0.25) is 0 Å². The third-order valence-electron chi connectivity index (χ3n) is 7.28. The third kappa shape index (κ3) is 2.63. The molecule has 6 rings (SSSR count). The molecule has 32 heavy (non-hydrogen) atoms. The Morgan fingerprint density at radius 3 is 2.41 bits per heavy atom. The number of para-hydroxylation sites is 1. The van der Waals surface area contributed by atoms with Gasteiger partial charge in [-0.15, -0.1) is 0 Å². The molecule has 4 heteroatoms. The number of hydrogen-bond donors (Lipinski definition) is 1. The first-order chi connectivity index (χ1) is 15.3. The van der Waals surface area contributed by atoms with Crippen molar-refractivity contribution in [2.45, 2.75) is 38.9 Å². The molecule has 158 valence electrons. The lowest BCUT2D eigenvalue weighted by molar-refractivity contribution is -0.0893. The van der Waals surface area contributed by atoms with Crippen molar-refractivity contribution in [3.63, 3.8) is 0 Å². The summed E-state index contributed by atoms with van der Waals surface area (Å²) in [6.45, 7) is 7.45. The zero-order valence-corrected chi connectivity index (χ0v) is 18.8. The highest BCUT2D eigenvalue weighted by Gasteiger charge is 2.36. The number of benzene rings is 4. The van der Waals surface area contributed by atoms with Crippen molar-refractivity contribution in [3.8, 4) is 22.3 Å². The molecular weight excluding hydrogens is 395 g/mol. The van der Waals surface area contributed by atoms with E-state index in [0.29, 0.717) is 7.48 Å². The molecule has 0 bridgehead atoms. The van der Waals surface area contributed by atoms with Crippen molar-refractivity contribution >= 4 is 45.7 Å². The molecule has 1 aliphatic carbocycles. The van der Waals surface area contributed by atoms with Gasteiger partial charge in [0.05, 0.1) is 11.2 Å². The van der Waals surface area contributed by atoms with Crippen molar-refractivity contribution in [1.29, 1.82) is 0 Å². The summed E-state index contributed by atoms with van der Waals surface area (Å²) in [5, 5.41) is 15.3. The molecule has 0 atom stereocenters. The van der Waals surface area contributed by atoms with Gasteiger partial charge >= 0.3 is 7.48 Å². The average molecular weight is 420 g/mol. The van der Waals surface area contributed by atoms with Crippen LogP contribution in [0.25, 0.3) is 55.0 Å². The Bertz CT molecular complexity index is 1540. The van der Waals surface area contributed by atoms with Crippen LogP contribution >= 0.6 is 0 Å². The normalized spacial score (nSPS) is 13.3. The van der Waals surface area contributed by atoms with Gasteiger partial charge in [0.25, 0.3) is 0 Å². The molecular formula is C28H25BO3. The van der Waals surface area contributed by atoms with Crippen molar-refractivity contribution in [2.75, 3.05) is 0 Å². The van der Waals surface area contributed by atoms with Gasteiger partial charge in [0.2, 0.25) is 0 Å². The molecule has 0 saturated heterocycles. The molecule has 1 N–H and O–H groups in total.